The summed E-state index contributed by atoms with van der Waals surface area (Å²) in [6.45, 7) is 0. The van der Waals surface area contributed by atoms with E-state index in [0.29, 0.717) is 10.3 Å². The van der Waals surface area contributed by atoms with Crippen molar-refractivity contribution in [2.24, 2.45) is 7.05 Å². The minimum absolute atomic E-state index is 0.0316. The van der Waals surface area contributed by atoms with Crippen LogP contribution < -0.4 is 0 Å². The Labute approximate surface area is 106 Å². The summed E-state index contributed by atoms with van der Waals surface area (Å²) in [5.41, 5.74) is 0.0578. The number of aromatic nitrogens is 3. The van der Waals surface area contributed by atoms with Crippen LogP contribution in [0.2, 0.25) is 0 Å². The topological polar surface area (TPSA) is 47.8 Å². The summed E-state index contributed by atoms with van der Waals surface area (Å²) in [7, 11) is 1.69. The highest BCUT2D eigenvalue weighted by Crippen LogP contribution is 2.17. The minimum atomic E-state index is -0.527. The lowest BCUT2D eigenvalue weighted by Gasteiger charge is -2.03. The van der Waals surface area contributed by atoms with E-state index in [1.807, 2.05) is 0 Å². The van der Waals surface area contributed by atoms with Crippen molar-refractivity contribution >= 4 is 21.7 Å². The monoisotopic (exact) mass is 297 g/mol. The van der Waals surface area contributed by atoms with Gasteiger partial charge in [-0.3, -0.25) is 9.48 Å². The van der Waals surface area contributed by atoms with Crippen molar-refractivity contribution in [1.29, 1.82) is 0 Å². The molecule has 0 fully saturated rings. The molecule has 0 aliphatic rings. The number of halogens is 2. The first-order chi connectivity index (χ1) is 8.08. The fraction of sp³-hybridized carbons (Fsp3) is 0.182. The van der Waals surface area contributed by atoms with Gasteiger partial charge < -0.3 is 0 Å². The maximum atomic E-state index is 13.5. The van der Waals surface area contributed by atoms with Gasteiger partial charge >= 0.3 is 0 Å². The molecule has 0 aliphatic carbocycles. The molecule has 0 radical (unpaired) electrons. The molecule has 1 aromatic carbocycles. The Hall–Kier alpha value is -1.56. The number of ketones is 1. The molecule has 1 heterocycles. The van der Waals surface area contributed by atoms with Crippen LogP contribution in [-0.2, 0) is 13.5 Å². The number of carbonyl (C=O) groups is 1. The zero-order valence-electron chi connectivity index (χ0n) is 9.02. The highest BCUT2D eigenvalue weighted by Gasteiger charge is 2.15. The van der Waals surface area contributed by atoms with Crippen LogP contribution in [-0.4, -0.2) is 20.5 Å². The highest BCUT2D eigenvalue weighted by molar-refractivity contribution is 9.10. The molecule has 0 amide bonds. The Bertz CT molecular complexity index is 568. The van der Waals surface area contributed by atoms with E-state index in [9.17, 15) is 9.18 Å². The Morgan fingerprint density at radius 1 is 1.53 bits per heavy atom. The minimum Gasteiger partial charge on any atom is -0.294 e. The largest absolute Gasteiger partial charge is 0.294 e. The molecule has 0 saturated carbocycles. The van der Waals surface area contributed by atoms with Crippen molar-refractivity contribution in [1.82, 2.24) is 14.8 Å². The average Bonchev–Trinajstić information content (AvgIpc) is 2.68. The fourth-order valence-corrected chi connectivity index (χ4v) is 1.79. The third-order valence-electron chi connectivity index (χ3n) is 2.35. The number of hydrogen-bond donors (Lipinski definition) is 0. The third-order valence-corrected chi connectivity index (χ3v) is 2.85. The zero-order chi connectivity index (χ0) is 12.4. The van der Waals surface area contributed by atoms with Gasteiger partial charge in [0.1, 0.15) is 18.0 Å². The van der Waals surface area contributed by atoms with E-state index in [4.69, 9.17) is 0 Å². The lowest BCUT2D eigenvalue weighted by Crippen LogP contribution is -2.10. The molecule has 0 spiro atoms. The molecular formula is C11H9BrFN3O. The van der Waals surface area contributed by atoms with Crippen LogP contribution in [0.25, 0.3) is 0 Å². The first-order valence-corrected chi connectivity index (χ1v) is 5.68. The molecule has 2 rings (SSSR count). The molecule has 4 nitrogen and oxygen atoms in total. The lowest BCUT2D eigenvalue weighted by molar-refractivity contribution is 0.0985. The summed E-state index contributed by atoms with van der Waals surface area (Å²) in [5, 5.41) is 3.85. The van der Waals surface area contributed by atoms with E-state index in [2.05, 4.69) is 26.0 Å². The molecule has 0 atom stereocenters. The molecule has 0 unspecified atom stereocenters. The summed E-state index contributed by atoms with van der Waals surface area (Å²) in [4.78, 5) is 15.8. The van der Waals surface area contributed by atoms with Gasteiger partial charge in [0.15, 0.2) is 5.78 Å². The maximum Gasteiger partial charge on any atom is 0.173 e. The van der Waals surface area contributed by atoms with Crippen molar-refractivity contribution in [3.05, 3.63) is 46.2 Å². The predicted molar refractivity (Wildman–Crippen MR) is 63.1 cm³/mol. The number of benzene rings is 1. The maximum absolute atomic E-state index is 13.5. The standard InChI is InChI=1S/C11H9BrFN3O/c1-16-11(14-6-15-16)5-10(17)8-4-7(12)2-3-9(8)13/h2-4,6H,5H2,1H3. The summed E-state index contributed by atoms with van der Waals surface area (Å²) >= 11 is 3.20. The Kier molecular flexibility index (Phi) is 3.33. The summed E-state index contributed by atoms with van der Waals surface area (Å²) in [5.74, 6) is -0.338. The number of Topliss-reactive ketones (excluding diaryl/α,β-unsaturated/α-hetero) is 1. The first kappa shape index (κ1) is 11.9. The molecule has 2 aromatic rings. The van der Waals surface area contributed by atoms with Crippen LogP contribution in [0.3, 0.4) is 0 Å². The van der Waals surface area contributed by atoms with Crippen molar-refractivity contribution in [2.45, 2.75) is 6.42 Å². The number of nitrogens with zero attached hydrogens (tertiary/aromatic N) is 3. The first-order valence-electron chi connectivity index (χ1n) is 4.89. The van der Waals surface area contributed by atoms with Crippen molar-refractivity contribution in [3.63, 3.8) is 0 Å². The van der Waals surface area contributed by atoms with Gasteiger partial charge in [-0.2, -0.15) is 5.10 Å². The van der Waals surface area contributed by atoms with Crippen LogP contribution in [0.15, 0.2) is 29.0 Å². The van der Waals surface area contributed by atoms with Gasteiger partial charge in [0.2, 0.25) is 0 Å². The van der Waals surface area contributed by atoms with E-state index in [0.717, 1.165) is 0 Å². The third kappa shape index (κ3) is 2.58. The van der Waals surface area contributed by atoms with Crippen LogP contribution in [0.5, 0.6) is 0 Å². The zero-order valence-corrected chi connectivity index (χ0v) is 10.6. The highest BCUT2D eigenvalue weighted by atomic mass is 79.9. The molecule has 0 saturated heterocycles. The summed E-state index contributed by atoms with van der Waals surface area (Å²) < 4.78 is 15.6. The van der Waals surface area contributed by atoms with Gasteiger partial charge in [-0.15, -0.1) is 0 Å². The van der Waals surface area contributed by atoms with Crippen molar-refractivity contribution in [2.75, 3.05) is 0 Å². The number of hydrogen-bond acceptors (Lipinski definition) is 3. The second-order valence-corrected chi connectivity index (χ2v) is 4.44. The van der Waals surface area contributed by atoms with Crippen molar-refractivity contribution < 1.29 is 9.18 Å². The van der Waals surface area contributed by atoms with Crippen LogP contribution in [0.1, 0.15) is 16.2 Å². The Morgan fingerprint density at radius 2 is 2.29 bits per heavy atom. The Balaban J connectivity index is 2.26. The van der Waals surface area contributed by atoms with Gasteiger partial charge in [-0.05, 0) is 18.2 Å². The van der Waals surface area contributed by atoms with Gasteiger partial charge in [0.25, 0.3) is 0 Å². The SMILES string of the molecule is Cn1ncnc1CC(=O)c1cc(Br)ccc1F. The predicted octanol–water partition coefficient (Wildman–Crippen LogP) is 2.14. The van der Waals surface area contributed by atoms with E-state index >= 15 is 0 Å². The second-order valence-electron chi connectivity index (χ2n) is 3.52. The second kappa shape index (κ2) is 4.75. The van der Waals surface area contributed by atoms with Crippen molar-refractivity contribution in [3.8, 4) is 0 Å². The smallest absolute Gasteiger partial charge is 0.173 e. The average molecular weight is 298 g/mol. The van der Waals surface area contributed by atoms with Crippen LogP contribution in [0, 0.1) is 5.82 Å². The van der Waals surface area contributed by atoms with E-state index < -0.39 is 5.82 Å². The van der Waals surface area contributed by atoms with Gasteiger partial charge in [0.05, 0.1) is 12.0 Å². The number of rotatable bonds is 3. The fourth-order valence-electron chi connectivity index (χ4n) is 1.43. The van der Waals surface area contributed by atoms with E-state index in [-0.39, 0.29) is 17.8 Å². The molecule has 0 aliphatic heterocycles. The van der Waals surface area contributed by atoms with Gasteiger partial charge in [-0.25, -0.2) is 9.37 Å². The Morgan fingerprint density at radius 3 is 2.94 bits per heavy atom. The molecular weight excluding hydrogens is 289 g/mol. The molecule has 1 aromatic heterocycles. The number of carbonyl (C=O) groups excluding carboxylic acids is 1. The quantitative estimate of drug-likeness (QED) is 0.816. The summed E-state index contributed by atoms with van der Waals surface area (Å²) in [6.07, 6.45) is 1.39. The van der Waals surface area contributed by atoms with Gasteiger partial charge in [-0.1, -0.05) is 15.9 Å². The van der Waals surface area contributed by atoms with Crippen LogP contribution in [0.4, 0.5) is 4.39 Å². The molecule has 0 N–H and O–H groups in total. The van der Waals surface area contributed by atoms with Gasteiger partial charge in [0, 0.05) is 11.5 Å². The molecule has 88 valence electrons. The summed E-state index contributed by atoms with van der Waals surface area (Å²) in [6, 6.07) is 4.27. The molecule has 0 bridgehead atoms. The van der Waals surface area contributed by atoms with E-state index in [1.54, 1.807) is 13.1 Å². The van der Waals surface area contributed by atoms with Crippen LogP contribution >= 0.6 is 15.9 Å². The number of aryl methyl sites for hydroxylation is 1. The molecule has 17 heavy (non-hydrogen) atoms. The van der Waals surface area contributed by atoms with E-state index in [1.165, 1.54) is 23.1 Å². The lowest BCUT2D eigenvalue weighted by atomic mass is 10.1. The normalized spacial score (nSPS) is 10.5. The molecule has 6 heteroatoms.